The first-order chi connectivity index (χ1) is 14.7. The Labute approximate surface area is 189 Å². The SMILES string of the molecule is COC(=O)c1c(NC(=O)c2cccc(Cl)c2)sc(C(=O)Nc2cc(C)cc(C)c2)c1C. The van der Waals surface area contributed by atoms with Gasteiger partial charge < -0.3 is 15.4 Å². The van der Waals surface area contributed by atoms with Gasteiger partial charge in [0.1, 0.15) is 5.00 Å². The second kappa shape index (κ2) is 9.32. The molecule has 2 amide bonds. The number of methoxy groups -OCH3 is 1. The van der Waals surface area contributed by atoms with Crippen molar-refractivity contribution in [1.82, 2.24) is 0 Å². The third-order valence-corrected chi connectivity index (χ3v) is 5.98. The van der Waals surface area contributed by atoms with Crippen LogP contribution in [-0.2, 0) is 4.74 Å². The van der Waals surface area contributed by atoms with Crippen LogP contribution >= 0.6 is 22.9 Å². The lowest BCUT2D eigenvalue weighted by molar-refractivity contribution is 0.0601. The van der Waals surface area contributed by atoms with E-state index >= 15 is 0 Å². The Hall–Kier alpha value is -3.16. The van der Waals surface area contributed by atoms with Crippen molar-refractivity contribution in [3.63, 3.8) is 0 Å². The number of hydrogen-bond donors (Lipinski definition) is 2. The molecule has 8 heteroatoms. The summed E-state index contributed by atoms with van der Waals surface area (Å²) >= 11 is 6.98. The van der Waals surface area contributed by atoms with E-state index in [9.17, 15) is 14.4 Å². The molecule has 0 radical (unpaired) electrons. The zero-order valence-corrected chi connectivity index (χ0v) is 19.0. The minimum Gasteiger partial charge on any atom is -0.465 e. The average Bonchev–Trinajstić information content (AvgIpc) is 3.02. The highest BCUT2D eigenvalue weighted by Gasteiger charge is 2.26. The van der Waals surface area contributed by atoms with Gasteiger partial charge in [-0.2, -0.15) is 0 Å². The second-order valence-electron chi connectivity index (χ2n) is 7.05. The predicted molar refractivity (Wildman–Crippen MR) is 124 cm³/mol. The number of anilines is 2. The van der Waals surface area contributed by atoms with Crippen LogP contribution in [0.4, 0.5) is 10.7 Å². The van der Waals surface area contributed by atoms with Gasteiger partial charge in [0, 0.05) is 16.3 Å². The number of hydrogen-bond acceptors (Lipinski definition) is 5. The van der Waals surface area contributed by atoms with Gasteiger partial charge in [-0.3, -0.25) is 9.59 Å². The molecule has 2 aromatic carbocycles. The fraction of sp³-hybridized carbons (Fsp3) is 0.174. The van der Waals surface area contributed by atoms with Crippen LogP contribution in [0.25, 0.3) is 0 Å². The van der Waals surface area contributed by atoms with Gasteiger partial charge in [-0.05, 0) is 67.8 Å². The molecule has 0 aliphatic carbocycles. The summed E-state index contributed by atoms with van der Waals surface area (Å²) in [4.78, 5) is 38.3. The van der Waals surface area contributed by atoms with E-state index in [0.717, 1.165) is 22.5 Å². The number of benzene rings is 2. The van der Waals surface area contributed by atoms with Crippen molar-refractivity contribution in [2.24, 2.45) is 0 Å². The number of ether oxygens (including phenoxy) is 1. The molecule has 0 atom stereocenters. The number of rotatable bonds is 5. The first-order valence-corrected chi connectivity index (χ1v) is 10.6. The minimum absolute atomic E-state index is 0.147. The highest BCUT2D eigenvalue weighted by atomic mass is 35.5. The minimum atomic E-state index is -0.638. The summed E-state index contributed by atoms with van der Waals surface area (Å²) in [5, 5.41) is 6.22. The largest absolute Gasteiger partial charge is 0.465 e. The molecule has 0 unspecified atom stereocenters. The Bertz CT molecular complexity index is 1170. The smallest absolute Gasteiger partial charge is 0.341 e. The Morgan fingerprint density at radius 2 is 1.61 bits per heavy atom. The van der Waals surface area contributed by atoms with Crippen molar-refractivity contribution in [2.45, 2.75) is 20.8 Å². The van der Waals surface area contributed by atoms with Gasteiger partial charge in [0.15, 0.2) is 0 Å². The van der Waals surface area contributed by atoms with Crippen LogP contribution in [0.2, 0.25) is 5.02 Å². The summed E-state index contributed by atoms with van der Waals surface area (Å²) in [6.45, 7) is 5.53. The molecule has 0 saturated heterocycles. The van der Waals surface area contributed by atoms with Crippen LogP contribution in [0, 0.1) is 20.8 Å². The van der Waals surface area contributed by atoms with Crippen LogP contribution in [-0.4, -0.2) is 24.9 Å². The number of carbonyl (C=O) groups excluding carboxylic acids is 3. The van der Waals surface area contributed by atoms with Gasteiger partial charge in [0.2, 0.25) is 0 Å². The maximum absolute atomic E-state index is 13.0. The molecule has 0 saturated carbocycles. The van der Waals surface area contributed by atoms with E-state index in [2.05, 4.69) is 10.6 Å². The molecule has 2 N–H and O–H groups in total. The number of nitrogens with one attached hydrogen (secondary N) is 2. The molecule has 0 aliphatic heterocycles. The van der Waals surface area contributed by atoms with Crippen molar-refractivity contribution < 1.29 is 19.1 Å². The molecule has 3 aromatic rings. The Balaban J connectivity index is 1.95. The van der Waals surface area contributed by atoms with Crippen molar-refractivity contribution in [3.8, 4) is 0 Å². The van der Waals surface area contributed by atoms with Gasteiger partial charge in [-0.1, -0.05) is 23.7 Å². The van der Waals surface area contributed by atoms with E-state index in [1.807, 2.05) is 32.0 Å². The van der Waals surface area contributed by atoms with E-state index in [-0.39, 0.29) is 16.5 Å². The van der Waals surface area contributed by atoms with Crippen molar-refractivity contribution >= 4 is 51.4 Å². The number of amides is 2. The molecule has 0 spiro atoms. The maximum Gasteiger partial charge on any atom is 0.341 e. The lowest BCUT2D eigenvalue weighted by atomic mass is 10.1. The summed E-state index contributed by atoms with van der Waals surface area (Å²) in [7, 11) is 1.25. The van der Waals surface area contributed by atoms with Crippen LogP contribution in [0.1, 0.15) is 47.1 Å². The average molecular weight is 457 g/mol. The summed E-state index contributed by atoms with van der Waals surface area (Å²) in [6, 6.07) is 12.2. The van der Waals surface area contributed by atoms with E-state index in [0.29, 0.717) is 26.7 Å². The van der Waals surface area contributed by atoms with E-state index in [4.69, 9.17) is 16.3 Å². The molecule has 0 bridgehead atoms. The van der Waals surface area contributed by atoms with Gasteiger partial charge >= 0.3 is 5.97 Å². The number of esters is 1. The summed E-state index contributed by atoms with van der Waals surface area (Å²) in [5.74, 6) is -1.46. The Morgan fingerprint density at radius 1 is 0.935 bits per heavy atom. The van der Waals surface area contributed by atoms with Gasteiger partial charge in [-0.25, -0.2) is 4.79 Å². The third kappa shape index (κ3) is 5.13. The van der Waals surface area contributed by atoms with E-state index < -0.39 is 11.9 Å². The molecule has 3 rings (SSSR count). The van der Waals surface area contributed by atoms with Crippen LogP contribution in [0.3, 0.4) is 0 Å². The van der Waals surface area contributed by atoms with Crippen molar-refractivity contribution in [3.05, 3.63) is 80.2 Å². The van der Waals surface area contributed by atoms with E-state index in [1.165, 1.54) is 13.2 Å². The summed E-state index contributed by atoms with van der Waals surface area (Å²) < 4.78 is 4.87. The van der Waals surface area contributed by atoms with Crippen LogP contribution in [0.15, 0.2) is 42.5 Å². The lowest BCUT2D eigenvalue weighted by Gasteiger charge is -2.07. The lowest BCUT2D eigenvalue weighted by Crippen LogP contribution is -2.14. The molecule has 1 heterocycles. The zero-order valence-electron chi connectivity index (χ0n) is 17.5. The highest BCUT2D eigenvalue weighted by molar-refractivity contribution is 7.19. The van der Waals surface area contributed by atoms with Crippen molar-refractivity contribution in [1.29, 1.82) is 0 Å². The topological polar surface area (TPSA) is 84.5 Å². The van der Waals surface area contributed by atoms with Crippen LogP contribution in [0.5, 0.6) is 0 Å². The van der Waals surface area contributed by atoms with Crippen LogP contribution < -0.4 is 10.6 Å². The van der Waals surface area contributed by atoms with E-state index in [1.54, 1.807) is 25.1 Å². The quantitative estimate of drug-likeness (QED) is 0.488. The molecule has 160 valence electrons. The number of carbonyl (C=O) groups is 3. The molecule has 0 fully saturated rings. The molecular weight excluding hydrogens is 436 g/mol. The second-order valence-corrected chi connectivity index (χ2v) is 8.50. The number of thiophene rings is 1. The number of halogens is 1. The molecule has 31 heavy (non-hydrogen) atoms. The molecule has 0 aliphatic rings. The summed E-state index contributed by atoms with van der Waals surface area (Å²) in [5.41, 5.74) is 3.59. The monoisotopic (exact) mass is 456 g/mol. The fourth-order valence-electron chi connectivity index (χ4n) is 3.21. The highest BCUT2D eigenvalue weighted by Crippen LogP contribution is 2.34. The summed E-state index contributed by atoms with van der Waals surface area (Å²) in [6.07, 6.45) is 0. The van der Waals surface area contributed by atoms with Gasteiger partial charge in [0.05, 0.1) is 17.6 Å². The predicted octanol–water partition coefficient (Wildman–Crippen LogP) is 5.62. The number of aryl methyl sites for hydroxylation is 2. The Kier molecular flexibility index (Phi) is 6.77. The van der Waals surface area contributed by atoms with Gasteiger partial charge in [-0.15, -0.1) is 11.3 Å². The third-order valence-electron chi connectivity index (χ3n) is 4.54. The normalized spacial score (nSPS) is 10.5. The molecule has 1 aromatic heterocycles. The first-order valence-electron chi connectivity index (χ1n) is 9.38. The Morgan fingerprint density at radius 3 is 2.23 bits per heavy atom. The fourth-order valence-corrected chi connectivity index (χ4v) is 4.48. The molecule has 6 nitrogen and oxygen atoms in total. The van der Waals surface area contributed by atoms with Crippen molar-refractivity contribution in [2.75, 3.05) is 17.7 Å². The molecular formula is C23H21ClN2O4S. The maximum atomic E-state index is 13.0. The van der Waals surface area contributed by atoms with Gasteiger partial charge in [0.25, 0.3) is 11.8 Å². The first kappa shape index (κ1) is 22.5. The standard InChI is InChI=1S/C23H21ClN2O4S/c1-12-8-13(2)10-17(9-12)25-21(28)19-14(3)18(23(29)30-4)22(31-19)26-20(27)15-6-5-7-16(24)11-15/h5-11H,1-4H3,(H,25,28)(H,26,27). The zero-order chi connectivity index (χ0) is 22.7.